The first-order chi connectivity index (χ1) is 20.6. The Morgan fingerprint density at radius 3 is 1.29 bits per heavy atom. The smallest absolute Gasteiger partial charge is 0.550 e. The summed E-state index contributed by atoms with van der Waals surface area (Å²) in [5.41, 5.74) is 8.17. The second-order valence-corrected chi connectivity index (χ2v) is 16.9. The Morgan fingerprint density at radius 2 is 0.978 bits per heavy atom. The van der Waals surface area contributed by atoms with E-state index < -0.39 is 22.8 Å². The van der Waals surface area contributed by atoms with Crippen LogP contribution >= 0.6 is 0 Å². The third-order valence-corrected chi connectivity index (χ3v) is 13.9. The number of allylic oxidation sites excluding steroid dienone is 8. The van der Waals surface area contributed by atoms with Crippen molar-refractivity contribution in [1.82, 2.24) is 0 Å². The molecule has 2 saturated carbocycles. The molecule has 6 aliphatic rings. The van der Waals surface area contributed by atoms with Gasteiger partial charge in [0.1, 0.15) is 0 Å². The number of fused-ring (bicyclic) bond motifs is 4. The molecule has 0 aromatic rings. The number of carbonyl (C=O) groups is 2. The van der Waals surface area contributed by atoms with E-state index >= 15 is 0 Å². The van der Waals surface area contributed by atoms with Gasteiger partial charge in [-0.3, -0.25) is 0 Å². The predicted molar refractivity (Wildman–Crippen MR) is 180 cm³/mol. The summed E-state index contributed by atoms with van der Waals surface area (Å²) in [4.78, 5) is 23.7. The summed E-state index contributed by atoms with van der Waals surface area (Å²) in [5, 5.41) is 23.7. The minimum atomic E-state index is -0.832. The summed E-state index contributed by atoms with van der Waals surface area (Å²) in [6, 6.07) is 0. The molecule has 0 heterocycles. The van der Waals surface area contributed by atoms with E-state index in [-0.39, 0.29) is 71.5 Å². The van der Waals surface area contributed by atoms with Crippen LogP contribution in [0.25, 0.3) is 0 Å². The Kier molecular flexibility index (Phi) is 11.4. The van der Waals surface area contributed by atoms with Gasteiger partial charge in [-0.25, -0.2) is 0 Å². The summed E-state index contributed by atoms with van der Waals surface area (Å²) >= 11 is 0. The molecule has 6 aliphatic carbocycles. The normalized spacial score (nSPS) is 37.6. The first kappa shape index (κ1) is 37.3. The standard InChI is InChI=1S/2C20H30O2.Ba/c2*1-13(2)14-6-8-16-15(12-14)7-9-17-19(16,3)10-5-11-20(17,4)18(21)22;/h2*12-13,17H,5-11H2,1-4H3,(H,21,22);/q;;+2/p-2. The molecule has 6 unspecified atom stereocenters. The van der Waals surface area contributed by atoms with Crippen molar-refractivity contribution in [2.45, 2.75) is 145 Å². The van der Waals surface area contributed by atoms with Crippen LogP contribution < -0.4 is 10.2 Å². The molecular formula is C40H58BaO4. The molecule has 0 radical (unpaired) electrons. The largest absolute Gasteiger partial charge is 2.00 e. The Hall–Kier alpha value is -0.529. The Bertz CT molecular complexity index is 1220. The van der Waals surface area contributed by atoms with Gasteiger partial charge in [-0.05, 0) is 123 Å². The van der Waals surface area contributed by atoms with Gasteiger partial charge in [-0.2, -0.15) is 0 Å². The van der Waals surface area contributed by atoms with Gasteiger partial charge in [-0.15, -0.1) is 0 Å². The van der Waals surface area contributed by atoms with Gasteiger partial charge in [0.2, 0.25) is 0 Å². The van der Waals surface area contributed by atoms with E-state index in [1.807, 2.05) is 13.8 Å². The van der Waals surface area contributed by atoms with Crippen molar-refractivity contribution in [3.63, 3.8) is 0 Å². The van der Waals surface area contributed by atoms with Gasteiger partial charge in [0.05, 0.1) is 0 Å². The van der Waals surface area contributed by atoms with Gasteiger partial charge in [0.25, 0.3) is 0 Å². The number of aliphatic carboxylic acids is 2. The first-order valence-electron chi connectivity index (χ1n) is 17.9. The van der Waals surface area contributed by atoms with Crippen molar-refractivity contribution in [3.05, 3.63) is 45.6 Å². The molecule has 0 N–H and O–H groups in total. The summed E-state index contributed by atoms with van der Waals surface area (Å²) in [5.74, 6) is 0.0697. The number of hydrogen-bond donors (Lipinski definition) is 0. The Labute approximate surface area is 314 Å². The quantitative estimate of drug-likeness (QED) is 0.278. The molecule has 0 bridgehead atoms. The van der Waals surface area contributed by atoms with E-state index in [1.165, 1.54) is 11.1 Å². The summed E-state index contributed by atoms with van der Waals surface area (Å²) in [7, 11) is 0. The zero-order valence-electron chi connectivity index (χ0n) is 29.7. The maximum atomic E-state index is 11.8. The molecule has 45 heavy (non-hydrogen) atoms. The maximum absolute atomic E-state index is 11.8. The molecule has 0 aliphatic heterocycles. The molecule has 0 aromatic heterocycles. The van der Waals surface area contributed by atoms with E-state index in [0.717, 1.165) is 89.9 Å². The van der Waals surface area contributed by atoms with Gasteiger partial charge in [0.15, 0.2) is 0 Å². The van der Waals surface area contributed by atoms with Gasteiger partial charge < -0.3 is 19.8 Å². The first-order valence-corrected chi connectivity index (χ1v) is 17.9. The molecule has 0 amide bonds. The predicted octanol–water partition coefficient (Wildman–Crippen LogP) is 7.65. The van der Waals surface area contributed by atoms with Crippen LogP contribution in [0, 0.1) is 45.3 Å². The number of carbonyl (C=O) groups excluding carboxylic acids is 2. The van der Waals surface area contributed by atoms with Crippen molar-refractivity contribution in [3.8, 4) is 0 Å². The van der Waals surface area contributed by atoms with Crippen LogP contribution in [0.4, 0.5) is 0 Å². The van der Waals surface area contributed by atoms with Crippen molar-refractivity contribution in [2.24, 2.45) is 45.3 Å². The van der Waals surface area contributed by atoms with Gasteiger partial charge in [-0.1, -0.05) is 103 Å². The topological polar surface area (TPSA) is 80.3 Å². The molecule has 0 spiro atoms. The average Bonchev–Trinajstić information content (AvgIpc) is 2.96. The molecule has 6 atom stereocenters. The van der Waals surface area contributed by atoms with Crippen LogP contribution in [0.1, 0.15) is 145 Å². The van der Waals surface area contributed by atoms with Crippen LogP contribution in [0.3, 0.4) is 0 Å². The molecule has 4 nitrogen and oxygen atoms in total. The van der Waals surface area contributed by atoms with Crippen LogP contribution in [0.15, 0.2) is 45.6 Å². The molecule has 6 rings (SSSR count). The fourth-order valence-corrected chi connectivity index (χ4v) is 11.1. The molecule has 0 saturated heterocycles. The second-order valence-electron chi connectivity index (χ2n) is 16.9. The van der Waals surface area contributed by atoms with Crippen molar-refractivity contribution < 1.29 is 19.8 Å². The Balaban J connectivity index is 0.000000200. The zero-order chi connectivity index (χ0) is 32.2. The number of hydrogen-bond acceptors (Lipinski definition) is 4. The van der Waals surface area contributed by atoms with Crippen molar-refractivity contribution >= 4 is 60.8 Å². The SMILES string of the molecule is CC(C)C1=CC2=C(CC1)C1(C)CCCC(C)(C(=O)[O-])C1CC2.CC(C)C1=CC2=C(CC1)C1(C)CCCC(C)(C(=O)[O-])C1CC2.[Ba+2]. The van der Waals surface area contributed by atoms with E-state index in [4.69, 9.17) is 0 Å². The van der Waals surface area contributed by atoms with E-state index in [1.54, 1.807) is 22.3 Å². The number of carboxylic acids is 2. The minimum absolute atomic E-state index is 0. The van der Waals surface area contributed by atoms with Crippen LogP contribution in [0.2, 0.25) is 0 Å². The second kappa shape index (κ2) is 13.8. The molecular weight excluding hydrogens is 682 g/mol. The fraction of sp³-hybridized carbons (Fsp3) is 0.750. The van der Waals surface area contributed by atoms with E-state index in [9.17, 15) is 19.8 Å². The summed E-state index contributed by atoms with van der Waals surface area (Å²) in [6.07, 6.45) is 19.4. The van der Waals surface area contributed by atoms with Crippen LogP contribution in [-0.2, 0) is 9.59 Å². The molecule has 244 valence electrons. The Morgan fingerprint density at radius 1 is 0.622 bits per heavy atom. The average molecular weight is 740 g/mol. The van der Waals surface area contributed by atoms with Crippen LogP contribution in [0.5, 0.6) is 0 Å². The summed E-state index contributed by atoms with van der Waals surface area (Å²) < 4.78 is 0. The maximum Gasteiger partial charge on any atom is 2.00 e. The fourth-order valence-electron chi connectivity index (χ4n) is 11.1. The number of rotatable bonds is 4. The van der Waals surface area contributed by atoms with Crippen LogP contribution in [-0.4, -0.2) is 60.8 Å². The van der Waals surface area contributed by atoms with E-state index in [0.29, 0.717) is 11.8 Å². The monoisotopic (exact) mass is 740 g/mol. The third-order valence-electron chi connectivity index (χ3n) is 13.9. The minimum Gasteiger partial charge on any atom is -0.550 e. The van der Waals surface area contributed by atoms with Gasteiger partial charge in [0, 0.05) is 22.8 Å². The molecule has 0 aromatic carbocycles. The van der Waals surface area contributed by atoms with Crippen molar-refractivity contribution in [2.75, 3.05) is 0 Å². The molecule has 2 fully saturated rings. The van der Waals surface area contributed by atoms with Crippen molar-refractivity contribution in [1.29, 1.82) is 0 Å². The number of carboxylic acid groups (broad SMARTS) is 2. The molecule has 5 heteroatoms. The zero-order valence-corrected chi connectivity index (χ0v) is 34.1. The summed E-state index contributed by atoms with van der Waals surface area (Å²) in [6.45, 7) is 17.7. The van der Waals surface area contributed by atoms with E-state index in [2.05, 4.69) is 53.7 Å². The third kappa shape index (κ3) is 6.47. The van der Waals surface area contributed by atoms with Gasteiger partial charge >= 0.3 is 48.9 Å².